The van der Waals surface area contributed by atoms with Gasteiger partial charge in [0.15, 0.2) is 0 Å². The molecule has 1 unspecified atom stereocenters. The number of hydrogen-bond acceptors (Lipinski definition) is 3. The number of nitrogens with one attached hydrogen (secondary N) is 1. The Labute approximate surface area is 106 Å². The predicted molar refractivity (Wildman–Crippen MR) is 64.3 cm³/mol. The van der Waals surface area contributed by atoms with Crippen LogP contribution in [-0.4, -0.2) is 54.4 Å². The van der Waals surface area contributed by atoms with E-state index in [4.69, 9.17) is 9.84 Å². The molecule has 102 valence electrons. The van der Waals surface area contributed by atoms with Crippen molar-refractivity contribution in [3.05, 3.63) is 0 Å². The Balaban J connectivity index is 1.75. The summed E-state index contributed by atoms with van der Waals surface area (Å²) < 4.78 is 5.34. The van der Waals surface area contributed by atoms with Crippen LogP contribution in [0.25, 0.3) is 0 Å². The molecule has 0 radical (unpaired) electrons. The third-order valence-electron chi connectivity index (χ3n) is 3.35. The minimum atomic E-state index is -0.960. The molecule has 2 amide bonds. The minimum absolute atomic E-state index is 0.115. The summed E-state index contributed by atoms with van der Waals surface area (Å²) in [5.74, 6) is -0.605. The van der Waals surface area contributed by atoms with Crippen molar-refractivity contribution in [2.45, 2.75) is 31.7 Å². The van der Waals surface area contributed by atoms with E-state index in [1.807, 2.05) is 0 Å². The number of amides is 2. The van der Waals surface area contributed by atoms with E-state index in [0.717, 1.165) is 32.3 Å². The second-order valence-electron chi connectivity index (χ2n) is 5.02. The van der Waals surface area contributed by atoms with Crippen LogP contribution in [0, 0.1) is 5.92 Å². The molecule has 6 heteroatoms. The van der Waals surface area contributed by atoms with Crippen LogP contribution < -0.4 is 5.32 Å². The second-order valence-corrected chi connectivity index (χ2v) is 5.02. The molecule has 0 aromatic heterocycles. The standard InChI is InChI=1S/C12H20N2O4/c15-11(16)7-14(10-3-4-10)12(17)13-6-9-2-1-5-18-8-9/h9-10H,1-8H2,(H,13,17)(H,15,16). The van der Waals surface area contributed by atoms with Crippen molar-refractivity contribution in [2.75, 3.05) is 26.3 Å². The number of carbonyl (C=O) groups is 2. The van der Waals surface area contributed by atoms with Crippen molar-refractivity contribution in [3.63, 3.8) is 0 Å². The normalized spacial score (nSPS) is 23.4. The van der Waals surface area contributed by atoms with E-state index in [9.17, 15) is 9.59 Å². The number of carboxylic acids is 1. The van der Waals surface area contributed by atoms with Crippen LogP contribution >= 0.6 is 0 Å². The monoisotopic (exact) mass is 256 g/mol. The molecule has 2 aliphatic rings. The third kappa shape index (κ3) is 3.87. The van der Waals surface area contributed by atoms with Gasteiger partial charge in [-0.1, -0.05) is 0 Å². The zero-order valence-corrected chi connectivity index (χ0v) is 10.4. The highest BCUT2D eigenvalue weighted by atomic mass is 16.5. The van der Waals surface area contributed by atoms with Gasteiger partial charge >= 0.3 is 12.0 Å². The van der Waals surface area contributed by atoms with E-state index >= 15 is 0 Å². The summed E-state index contributed by atoms with van der Waals surface area (Å²) in [5, 5.41) is 11.6. The highest BCUT2D eigenvalue weighted by Crippen LogP contribution is 2.26. The molecule has 1 saturated carbocycles. The Kier molecular flexibility index (Phi) is 4.41. The summed E-state index contributed by atoms with van der Waals surface area (Å²) in [5.41, 5.74) is 0. The van der Waals surface area contributed by atoms with Crippen molar-refractivity contribution in [3.8, 4) is 0 Å². The van der Waals surface area contributed by atoms with E-state index in [2.05, 4.69) is 5.32 Å². The van der Waals surface area contributed by atoms with Gasteiger partial charge in [-0.3, -0.25) is 4.79 Å². The van der Waals surface area contributed by atoms with Crippen LogP contribution in [-0.2, 0) is 9.53 Å². The van der Waals surface area contributed by atoms with Gasteiger partial charge in [0.25, 0.3) is 0 Å². The molecular weight excluding hydrogens is 236 g/mol. The van der Waals surface area contributed by atoms with Crippen LogP contribution in [0.5, 0.6) is 0 Å². The number of nitrogens with zero attached hydrogens (tertiary/aromatic N) is 1. The summed E-state index contributed by atoms with van der Waals surface area (Å²) in [4.78, 5) is 24.0. The molecule has 2 N–H and O–H groups in total. The van der Waals surface area contributed by atoms with Crippen molar-refractivity contribution < 1.29 is 19.4 Å². The zero-order valence-electron chi connectivity index (χ0n) is 10.4. The highest BCUT2D eigenvalue weighted by molar-refractivity contribution is 5.80. The molecule has 0 bridgehead atoms. The number of ether oxygens (including phenoxy) is 1. The summed E-state index contributed by atoms with van der Waals surface area (Å²) in [6.07, 6.45) is 3.91. The first-order chi connectivity index (χ1) is 8.66. The highest BCUT2D eigenvalue weighted by Gasteiger charge is 2.34. The Morgan fingerprint density at radius 2 is 2.11 bits per heavy atom. The topological polar surface area (TPSA) is 78.9 Å². The fraction of sp³-hybridized carbons (Fsp3) is 0.833. The van der Waals surface area contributed by atoms with Crippen LogP contribution in [0.4, 0.5) is 4.79 Å². The summed E-state index contributed by atoms with van der Waals surface area (Å²) in [7, 11) is 0. The Morgan fingerprint density at radius 1 is 1.33 bits per heavy atom. The predicted octanol–water partition coefficient (Wildman–Crippen LogP) is 0.672. The van der Waals surface area contributed by atoms with Crippen LogP contribution in [0.15, 0.2) is 0 Å². The minimum Gasteiger partial charge on any atom is -0.480 e. The van der Waals surface area contributed by atoms with Gasteiger partial charge in [0.1, 0.15) is 6.54 Å². The van der Waals surface area contributed by atoms with Crippen LogP contribution in [0.1, 0.15) is 25.7 Å². The average molecular weight is 256 g/mol. The number of hydrogen-bond donors (Lipinski definition) is 2. The lowest BCUT2D eigenvalue weighted by atomic mass is 10.0. The van der Waals surface area contributed by atoms with Gasteiger partial charge in [0.2, 0.25) is 0 Å². The largest absolute Gasteiger partial charge is 0.480 e. The molecular formula is C12H20N2O4. The number of rotatable bonds is 5. The molecule has 1 atom stereocenters. The van der Waals surface area contributed by atoms with E-state index < -0.39 is 5.97 Å². The molecule has 1 aliphatic heterocycles. The van der Waals surface area contributed by atoms with Crippen molar-refractivity contribution in [1.29, 1.82) is 0 Å². The average Bonchev–Trinajstić information content (AvgIpc) is 3.18. The first-order valence-electron chi connectivity index (χ1n) is 6.51. The smallest absolute Gasteiger partial charge is 0.323 e. The molecule has 1 heterocycles. The molecule has 1 saturated heterocycles. The number of aliphatic carboxylic acids is 1. The second kappa shape index (κ2) is 6.04. The quantitative estimate of drug-likeness (QED) is 0.758. The first-order valence-corrected chi connectivity index (χ1v) is 6.51. The van der Waals surface area contributed by atoms with E-state index in [-0.39, 0.29) is 18.6 Å². The zero-order chi connectivity index (χ0) is 13.0. The van der Waals surface area contributed by atoms with Gasteiger partial charge in [0.05, 0.1) is 6.61 Å². The lowest BCUT2D eigenvalue weighted by Crippen LogP contribution is -2.46. The van der Waals surface area contributed by atoms with Crippen LogP contribution in [0.2, 0.25) is 0 Å². The van der Waals surface area contributed by atoms with Gasteiger partial charge in [-0.25, -0.2) is 4.79 Å². The first kappa shape index (κ1) is 13.1. The van der Waals surface area contributed by atoms with Gasteiger partial charge in [-0.15, -0.1) is 0 Å². The molecule has 18 heavy (non-hydrogen) atoms. The van der Waals surface area contributed by atoms with Crippen LogP contribution in [0.3, 0.4) is 0 Å². The Bertz CT molecular complexity index is 311. The molecule has 2 fully saturated rings. The molecule has 1 aliphatic carbocycles. The fourth-order valence-corrected chi connectivity index (χ4v) is 2.20. The van der Waals surface area contributed by atoms with Crippen molar-refractivity contribution in [2.24, 2.45) is 5.92 Å². The maximum atomic E-state index is 11.9. The van der Waals surface area contributed by atoms with Gasteiger partial charge in [-0.05, 0) is 31.6 Å². The Morgan fingerprint density at radius 3 is 2.67 bits per heavy atom. The summed E-state index contributed by atoms with van der Waals surface area (Å²) in [6.45, 7) is 1.85. The summed E-state index contributed by atoms with van der Waals surface area (Å²) in [6, 6.07) is -0.144. The maximum absolute atomic E-state index is 11.9. The van der Waals surface area contributed by atoms with E-state index in [1.54, 1.807) is 0 Å². The molecule has 0 spiro atoms. The lowest BCUT2D eigenvalue weighted by Gasteiger charge is -2.25. The fourth-order valence-electron chi connectivity index (χ4n) is 2.20. The number of carboxylic acid groups (broad SMARTS) is 1. The van der Waals surface area contributed by atoms with E-state index in [0.29, 0.717) is 19.1 Å². The molecule has 6 nitrogen and oxygen atoms in total. The van der Waals surface area contributed by atoms with E-state index in [1.165, 1.54) is 4.90 Å². The summed E-state index contributed by atoms with van der Waals surface area (Å²) >= 11 is 0. The lowest BCUT2D eigenvalue weighted by molar-refractivity contribution is -0.137. The van der Waals surface area contributed by atoms with Crippen molar-refractivity contribution >= 4 is 12.0 Å². The SMILES string of the molecule is O=C(O)CN(C(=O)NCC1CCCOC1)C1CC1. The Hall–Kier alpha value is -1.30. The third-order valence-corrected chi connectivity index (χ3v) is 3.35. The molecule has 0 aromatic carbocycles. The molecule has 2 rings (SSSR count). The van der Waals surface area contributed by atoms with Crippen molar-refractivity contribution in [1.82, 2.24) is 10.2 Å². The van der Waals surface area contributed by atoms with Gasteiger partial charge in [0, 0.05) is 19.2 Å². The van der Waals surface area contributed by atoms with Gasteiger partial charge < -0.3 is 20.1 Å². The van der Waals surface area contributed by atoms with Gasteiger partial charge in [-0.2, -0.15) is 0 Å². The number of urea groups is 1. The molecule has 0 aromatic rings. The number of carbonyl (C=O) groups excluding carboxylic acids is 1. The maximum Gasteiger partial charge on any atom is 0.323 e.